The van der Waals surface area contributed by atoms with Gasteiger partial charge in [0.05, 0.1) is 12.0 Å². The van der Waals surface area contributed by atoms with Gasteiger partial charge in [0, 0.05) is 24.1 Å². The summed E-state index contributed by atoms with van der Waals surface area (Å²) in [4.78, 5) is 22.6. The fraction of sp³-hybridized carbons (Fsp3) is 0.238. The molecule has 0 spiro atoms. The highest BCUT2D eigenvalue weighted by atomic mass is 16.5. The number of carbonyl (C=O) groups is 2. The number of anilines is 1. The molecule has 3 atom stereocenters. The van der Waals surface area contributed by atoms with Gasteiger partial charge in [0.1, 0.15) is 5.75 Å². The van der Waals surface area contributed by atoms with E-state index in [2.05, 4.69) is 17.5 Å². The number of esters is 1. The second-order valence-corrected chi connectivity index (χ2v) is 6.70. The standard InChI is InChI=1S/C21H19NO4/c1-12(23)26-14-10-8-13(9-11-14)19-16-5-2-4-15(16)17-6-3-7-18(21(24)25)20(17)22-19/h2-4,6-11,15-16,19,22H,5H2,1H3,(H,24,25)/p-1/t15-,16+,19-/m0/s1. The van der Waals surface area contributed by atoms with E-state index >= 15 is 0 Å². The quantitative estimate of drug-likeness (QED) is 0.524. The first-order valence-corrected chi connectivity index (χ1v) is 8.60. The number of allylic oxidation sites excluding steroid dienone is 2. The summed E-state index contributed by atoms with van der Waals surface area (Å²) in [7, 11) is 0. The molecular formula is C21H18NO4-. The Bertz CT molecular complexity index is 901. The molecule has 0 unspecified atom stereocenters. The van der Waals surface area contributed by atoms with Gasteiger partial charge < -0.3 is 20.0 Å². The number of fused-ring (bicyclic) bond motifs is 3. The van der Waals surface area contributed by atoms with Crippen molar-refractivity contribution in [1.82, 2.24) is 0 Å². The summed E-state index contributed by atoms with van der Waals surface area (Å²) >= 11 is 0. The Hall–Kier alpha value is -3.08. The van der Waals surface area contributed by atoms with Crippen LogP contribution in [0.4, 0.5) is 5.69 Å². The van der Waals surface area contributed by atoms with E-state index in [1.165, 1.54) is 6.92 Å². The lowest BCUT2D eigenvalue weighted by atomic mass is 9.76. The van der Waals surface area contributed by atoms with Gasteiger partial charge in [-0.3, -0.25) is 4.79 Å². The molecule has 0 bridgehead atoms. The third-order valence-corrected chi connectivity index (χ3v) is 5.12. The Balaban J connectivity index is 1.72. The maximum Gasteiger partial charge on any atom is 0.308 e. The minimum absolute atomic E-state index is 0.0330. The summed E-state index contributed by atoms with van der Waals surface area (Å²) in [6.07, 6.45) is 5.23. The van der Waals surface area contributed by atoms with E-state index in [0.29, 0.717) is 17.4 Å². The summed E-state index contributed by atoms with van der Waals surface area (Å²) in [6.45, 7) is 1.36. The van der Waals surface area contributed by atoms with Crippen LogP contribution in [-0.4, -0.2) is 11.9 Å². The molecule has 132 valence electrons. The molecule has 1 heterocycles. The number of rotatable bonds is 3. The Morgan fingerprint density at radius 2 is 1.92 bits per heavy atom. The summed E-state index contributed by atoms with van der Waals surface area (Å²) in [5.41, 5.74) is 2.84. The number of aromatic carboxylic acids is 1. The maximum absolute atomic E-state index is 11.5. The zero-order valence-electron chi connectivity index (χ0n) is 14.3. The summed E-state index contributed by atoms with van der Waals surface area (Å²) in [6, 6.07) is 12.6. The number of hydrogen-bond donors (Lipinski definition) is 1. The number of carbonyl (C=O) groups excluding carboxylic acids is 2. The zero-order valence-corrected chi connectivity index (χ0v) is 14.3. The van der Waals surface area contributed by atoms with E-state index in [1.807, 2.05) is 18.2 Å². The number of para-hydroxylation sites is 1. The highest BCUT2D eigenvalue weighted by Gasteiger charge is 2.38. The van der Waals surface area contributed by atoms with E-state index in [-0.39, 0.29) is 23.5 Å². The van der Waals surface area contributed by atoms with E-state index in [1.54, 1.807) is 24.3 Å². The van der Waals surface area contributed by atoms with Crippen LogP contribution in [0.2, 0.25) is 0 Å². The molecule has 4 rings (SSSR count). The molecule has 2 aliphatic rings. The lowest BCUT2D eigenvalue weighted by Crippen LogP contribution is -2.32. The SMILES string of the molecule is CC(=O)Oc1ccc([C@@H]2Nc3c(C(=O)[O-])cccc3[C@H]3C=CC[C@H]32)cc1. The maximum atomic E-state index is 11.5. The molecule has 1 aliphatic carbocycles. The predicted octanol–water partition coefficient (Wildman–Crippen LogP) is 2.80. The van der Waals surface area contributed by atoms with Gasteiger partial charge in [0.25, 0.3) is 0 Å². The average Bonchev–Trinajstić information content (AvgIpc) is 3.10. The van der Waals surface area contributed by atoms with Crippen molar-refractivity contribution in [2.24, 2.45) is 5.92 Å². The first-order chi connectivity index (χ1) is 12.5. The van der Waals surface area contributed by atoms with Crippen LogP contribution in [0.5, 0.6) is 5.75 Å². The van der Waals surface area contributed by atoms with Crippen LogP contribution in [0, 0.1) is 5.92 Å². The van der Waals surface area contributed by atoms with Crippen LogP contribution < -0.4 is 15.2 Å². The fourth-order valence-electron chi connectivity index (χ4n) is 4.03. The number of carboxylic acids is 1. The highest BCUT2D eigenvalue weighted by Crippen LogP contribution is 2.50. The molecule has 1 aliphatic heterocycles. The van der Waals surface area contributed by atoms with Crippen molar-refractivity contribution < 1.29 is 19.4 Å². The smallest absolute Gasteiger partial charge is 0.308 e. The van der Waals surface area contributed by atoms with E-state index in [0.717, 1.165) is 17.5 Å². The molecule has 0 aromatic heterocycles. The molecule has 0 saturated heterocycles. The average molecular weight is 348 g/mol. The van der Waals surface area contributed by atoms with Gasteiger partial charge in [0.15, 0.2) is 0 Å². The molecule has 0 amide bonds. The van der Waals surface area contributed by atoms with Crippen molar-refractivity contribution in [1.29, 1.82) is 0 Å². The minimum atomic E-state index is -1.18. The molecule has 0 saturated carbocycles. The summed E-state index contributed by atoms with van der Waals surface area (Å²) < 4.78 is 5.09. The molecule has 1 N–H and O–H groups in total. The molecule has 26 heavy (non-hydrogen) atoms. The van der Waals surface area contributed by atoms with Crippen molar-refractivity contribution in [2.75, 3.05) is 5.32 Å². The van der Waals surface area contributed by atoms with Crippen LogP contribution in [0.15, 0.2) is 54.6 Å². The van der Waals surface area contributed by atoms with E-state index in [9.17, 15) is 14.7 Å². The van der Waals surface area contributed by atoms with Crippen LogP contribution in [0.1, 0.15) is 46.8 Å². The zero-order chi connectivity index (χ0) is 18.3. The number of benzene rings is 2. The molecule has 2 aromatic rings. The molecule has 2 aromatic carbocycles. The normalized spacial score (nSPS) is 22.9. The van der Waals surface area contributed by atoms with E-state index < -0.39 is 5.97 Å². The Labute approximate surface area is 151 Å². The molecule has 5 heteroatoms. The van der Waals surface area contributed by atoms with Gasteiger partial charge in [-0.2, -0.15) is 0 Å². The highest BCUT2D eigenvalue weighted by molar-refractivity contribution is 5.94. The Morgan fingerprint density at radius 3 is 2.62 bits per heavy atom. The minimum Gasteiger partial charge on any atom is -0.545 e. The Kier molecular flexibility index (Phi) is 3.99. The molecule has 0 radical (unpaired) electrons. The van der Waals surface area contributed by atoms with Crippen LogP contribution in [-0.2, 0) is 4.79 Å². The monoisotopic (exact) mass is 348 g/mol. The van der Waals surface area contributed by atoms with Crippen molar-refractivity contribution in [3.8, 4) is 5.75 Å². The lowest BCUT2D eigenvalue weighted by Gasteiger charge is -2.38. The van der Waals surface area contributed by atoms with Gasteiger partial charge in [0.2, 0.25) is 0 Å². The number of ether oxygens (including phenoxy) is 1. The molecular weight excluding hydrogens is 330 g/mol. The number of nitrogens with one attached hydrogen (secondary N) is 1. The van der Waals surface area contributed by atoms with Crippen molar-refractivity contribution in [3.05, 3.63) is 71.3 Å². The third-order valence-electron chi connectivity index (χ3n) is 5.12. The lowest BCUT2D eigenvalue weighted by molar-refractivity contribution is -0.254. The van der Waals surface area contributed by atoms with Gasteiger partial charge in [-0.25, -0.2) is 0 Å². The Morgan fingerprint density at radius 1 is 1.15 bits per heavy atom. The van der Waals surface area contributed by atoms with Crippen molar-refractivity contribution in [3.63, 3.8) is 0 Å². The first-order valence-electron chi connectivity index (χ1n) is 8.60. The van der Waals surface area contributed by atoms with E-state index in [4.69, 9.17) is 4.74 Å². The second-order valence-electron chi connectivity index (χ2n) is 6.70. The van der Waals surface area contributed by atoms with Crippen molar-refractivity contribution in [2.45, 2.75) is 25.3 Å². The van der Waals surface area contributed by atoms with Crippen LogP contribution in [0.3, 0.4) is 0 Å². The first kappa shape index (κ1) is 16.4. The molecule has 0 fully saturated rings. The van der Waals surface area contributed by atoms with Gasteiger partial charge >= 0.3 is 5.97 Å². The van der Waals surface area contributed by atoms with Crippen LogP contribution >= 0.6 is 0 Å². The molecule has 5 nitrogen and oxygen atoms in total. The third kappa shape index (κ3) is 2.75. The topological polar surface area (TPSA) is 78.5 Å². The van der Waals surface area contributed by atoms with Gasteiger partial charge in [-0.1, -0.05) is 42.5 Å². The van der Waals surface area contributed by atoms with Gasteiger partial charge in [-0.15, -0.1) is 0 Å². The van der Waals surface area contributed by atoms with Crippen LogP contribution in [0.25, 0.3) is 0 Å². The van der Waals surface area contributed by atoms with Gasteiger partial charge in [-0.05, 0) is 35.6 Å². The number of hydrogen-bond acceptors (Lipinski definition) is 5. The second kappa shape index (κ2) is 6.33. The summed E-state index contributed by atoms with van der Waals surface area (Å²) in [5, 5.41) is 15.0. The number of carboxylic acid groups (broad SMARTS) is 1. The predicted molar refractivity (Wildman–Crippen MR) is 94.9 cm³/mol. The summed E-state index contributed by atoms with van der Waals surface area (Å²) in [5.74, 6) is -0.573. The largest absolute Gasteiger partial charge is 0.545 e. The van der Waals surface area contributed by atoms with Crippen molar-refractivity contribution >= 4 is 17.6 Å². The fourth-order valence-corrected chi connectivity index (χ4v) is 4.03.